The van der Waals surface area contributed by atoms with Crippen molar-refractivity contribution in [2.75, 3.05) is 64.6 Å². The van der Waals surface area contributed by atoms with E-state index in [1.54, 1.807) is 0 Å². The average Bonchev–Trinajstić information content (AvgIpc) is 2.70. The largest absolute Gasteiger partial charge is 0.399 e. The summed E-state index contributed by atoms with van der Waals surface area (Å²) in [5.41, 5.74) is 9.39. The molecule has 0 amide bonds. The van der Waals surface area contributed by atoms with Crippen LogP contribution < -0.4 is 10.6 Å². The van der Waals surface area contributed by atoms with E-state index in [0.717, 1.165) is 49.4 Å². The van der Waals surface area contributed by atoms with E-state index >= 15 is 0 Å². The Kier molecular flexibility index (Phi) is 4.32. The fraction of sp³-hybridized carbons (Fsp3) is 0.600. The maximum Gasteiger partial charge on any atom is 0.102 e. The minimum Gasteiger partial charge on any atom is -0.399 e. The third-order valence-corrected chi connectivity index (χ3v) is 3.51. The summed E-state index contributed by atoms with van der Waals surface area (Å²) in [5.74, 6) is 0. The van der Waals surface area contributed by atoms with E-state index in [0.29, 0.717) is 0 Å². The first-order chi connectivity index (χ1) is 8.96. The summed E-state index contributed by atoms with van der Waals surface area (Å²) in [6.07, 6.45) is 1.12. The second-order valence-corrected chi connectivity index (χ2v) is 6.25. The van der Waals surface area contributed by atoms with Gasteiger partial charge in [-0.3, -0.25) is 0 Å². The van der Waals surface area contributed by atoms with Crippen molar-refractivity contribution in [3.8, 4) is 0 Å². The first kappa shape index (κ1) is 14.2. The van der Waals surface area contributed by atoms with Gasteiger partial charge in [-0.05, 0) is 24.1 Å². The predicted molar refractivity (Wildman–Crippen MR) is 80.5 cm³/mol. The maximum absolute atomic E-state index is 5.86. The number of nitrogens with zero attached hydrogens (tertiary/aromatic N) is 2. The van der Waals surface area contributed by atoms with Crippen LogP contribution in [0.5, 0.6) is 0 Å². The number of fused-ring (bicyclic) bond motifs is 1. The van der Waals surface area contributed by atoms with E-state index in [-0.39, 0.29) is 0 Å². The van der Waals surface area contributed by atoms with Crippen LogP contribution in [0.15, 0.2) is 18.2 Å². The SMILES string of the molecule is C[N+](C)(C)CCOCCN1CCc2ccc(N)cc21. The lowest BCUT2D eigenvalue weighted by Gasteiger charge is -2.24. The van der Waals surface area contributed by atoms with Crippen molar-refractivity contribution >= 4 is 11.4 Å². The Balaban J connectivity index is 1.76. The maximum atomic E-state index is 5.86. The monoisotopic (exact) mass is 264 g/mol. The van der Waals surface area contributed by atoms with Gasteiger partial charge in [-0.25, -0.2) is 0 Å². The number of hydrogen-bond acceptors (Lipinski definition) is 3. The van der Waals surface area contributed by atoms with Gasteiger partial charge in [-0.1, -0.05) is 6.07 Å². The summed E-state index contributed by atoms with van der Waals surface area (Å²) in [7, 11) is 6.55. The summed E-state index contributed by atoms with van der Waals surface area (Å²) < 4.78 is 6.68. The summed E-state index contributed by atoms with van der Waals surface area (Å²) in [6.45, 7) is 4.68. The molecule has 4 heteroatoms. The molecular formula is C15H26N3O+. The van der Waals surface area contributed by atoms with Crippen LogP contribution in [0.3, 0.4) is 0 Å². The van der Waals surface area contributed by atoms with Crippen molar-refractivity contribution in [1.29, 1.82) is 0 Å². The van der Waals surface area contributed by atoms with Gasteiger partial charge in [-0.15, -0.1) is 0 Å². The molecule has 1 aromatic carbocycles. The number of nitrogen functional groups attached to an aromatic ring is 1. The number of hydrogen-bond donors (Lipinski definition) is 1. The van der Waals surface area contributed by atoms with Gasteiger partial charge in [0.1, 0.15) is 6.54 Å². The van der Waals surface area contributed by atoms with Gasteiger partial charge >= 0.3 is 0 Å². The van der Waals surface area contributed by atoms with Crippen LogP contribution >= 0.6 is 0 Å². The van der Waals surface area contributed by atoms with Gasteiger partial charge in [0.2, 0.25) is 0 Å². The Morgan fingerprint density at radius 3 is 2.79 bits per heavy atom. The molecule has 0 atom stereocenters. The number of anilines is 2. The van der Waals surface area contributed by atoms with Crippen LogP contribution in [-0.4, -0.2) is 58.5 Å². The highest BCUT2D eigenvalue weighted by atomic mass is 16.5. The van der Waals surface area contributed by atoms with Gasteiger partial charge in [0, 0.05) is 24.5 Å². The molecule has 0 bridgehead atoms. The highest BCUT2D eigenvalue weighted by Crippen LogP contribution is 2.29. The molecule has 106 valence electrons. The summed E-state index contributed by atoms with van der Waals surface area (Å²) >= 11 is 0. The molecule has 0 radical (unpaired) electrons. The number of likely N-dealkylation sites (N-methyl/N-ethyl adjacent to an activating group) is 1. The summed E-state index contributed by atoms with van der Waals surface area (Å²) in [4.78, 5) is 2.37. The van der Waals surface area contributed by atoms with Crippen molar-refractivity contribution in [3.05, 3.63) is 23.8 Å². The van der Waals surface area contributed by atoms with E-state index < -0.39 is 0 Å². The van der Waals surface area contributed by atoms with Crippen LogP contribution in [-0.2, 0) is 11.2 Å². The molecule has 0 saturated heterocycles. The van der Waals surface area contributed by atoms with Gasteiger partial charge in [0.25, 0.3) is 0 Å². The zero-order chi connectivity index (χ0) is 13.9. The van der Waals surface area contributed by atoms with Crippen molar-refractivity contribution in [2.45, 2.75) is 6.42 Å². The normalized spacial score (nSPS) is 14.8. The van der Waals surface area contributed by atoms with Crippen LogP contribution in [0, 0.1) is 0 Å². The number of rotatable bonds is 6. The zero-order valence-corrected chi connectivity index (χ0v) is 12.4. The molecule has 0 aromatic heterocycles. The molecule has 2 rings (SSSR count). The first-order valence-corrected chi connectivity index (χ1v) is 6.97. The average molecular weight is 264 g/mol. The molecule has 0 fully saturated rings. The van der Waals surface area contributed by atoms with Crippen molar-refractivity contribution in [1.82, 2.24) is 0 Å². The molecule has 2 N–H and O–H groups in total. The lowest BCUT2D eigenvalue weighted by atomic mass is 10.1. The molecule has 1 heterocycles. The molecule has 1 aromatic rings. The molecule has 1 aliphatic heterocycles. The van der Waals surface area contributed by atoms with Gasteiger partial charge in [0.05, 0.1) is 34.4 Å². The number of benzene rings is 1. The Bertz CT molecular complexity index is 426. The van der Waals surface area contributed by atoms with E-state index in [9.17, 15) is 0 Å². The van der Waals surface area contributed by atoms with Crippen molar-refractivity contribution < 1.29 is 9.22 Å². The predicted octanol–water partition coefficient (Wildman–Crippen LogP) is 1.35. The topological polar surface area (TPSA) is 38.5 Å². The molecule has 19 heavy (non-hydrogen) atoms. The van der Waals surface area contributed by atoms with E-state index in [1.165, 1.54) is 11.3 Å². The third kappa shape index (κ3) is 4.11. The van der Waals surface area contributed by atoms with Crippen molar-refractivity contribution in [3.63, 3.8) is 0 Å². The van der Waals surface area contributed by atoms with E-state index in [2.05, 4.69) is 38.2 Å². The van der Waals surface area contributed by atoms with Crippen LogP contribution in [0.2, 0.25) is 0 Å². The quantitative estimate of drug-likeness (QED) is 0.479. The van der Waals surface area contributed by atoms with E-state index in [1.807, 2.05) is 6.07 Å². The summed E-state index contributed by atoms with van der Waals surface area (Å²) in [5, 5.41) is 0. The van der Waals surface area contributed by atoms with Gasteiger partial charge in [0.15, 0.2) is 0 Å². The highest BCUT2D eigenvalue weighted by molar-refractivity contribution is 5.64. The fourth-order valence-corrected chi connectivity index (χ4v) is 2.31. The second-order valence-electron chi connectivity index (χ2n) is 6.25. The first-order valence-electron chi connectivity index (χ1n) is 6.97. The minimum absolute atomic E-state index is 0.786. The second kappa shape index (κ2) is 5.80. The third-order valence-electron chi connectivity index (χ3n) is 3.51. The number of ether oxygens (including phenoxy) is 1. The number of nitrogens with two attached hydrogens (primary N) is 1. The Hall–Kier alpha value is -1.26. The molecular weight excluding hydrogens is 238 g/mol. The molecule has 0 spiro atoms. The van der Waals surface area contributed by atoms with Crippen LogP contribution in [0.1, 0.15) is 5.56 Å². The zero-order valence-electron chi connectivity index (χ0n) is 12.4. The van der Waals surface area contributed by atoms with Crippen molar-refractivity contribution in [2.24, 2.45) is 0 Å². The van der Waals surface area contributed by atoms with Gasteiger partial charge in [-0.2, -0.15) is 0 Å². The summed E-state index contributed by atoms with van der Waals surface area (Å²) in [6, 6.07) is 6.21. The molecule has 1 aliphatic rings. The molecule has 0 saturated carbocycles. The molecule has 0 aliphatic carbocycles. The van der Waals surface area contributed by atoms with Gasteiger partial charge < -0.3 is 19.9 Å². The van der Waals surface area contributed by atoms with E-state index in [4.69, 9.17) is 10.5 Å². The highest BCUT2D eigenvalue weighted by Gasteiger charge is 2.18. The minimum atomic E-state index is 0.786. The molecule has 0 unspecified atom stereocenters. The van der Waals surface area contributed by atoms with Crippen LogP contribution in [0.4, 0.5) is 11.4 Å². The molecule has 4 nitrogen and oxygen atoms in total. The van der Waals surface area contributed by atoms with Crippen LogP contribution in [0.25, 0.3) is 0 Å². The lowest BCUT2D eigenvalue weighted by Crippen LogP contribution is -2.38. The Morgan fingerprint density at radius 1 is 1.26 bits per heavy atom. The Morgan fingerprint density at radius 2 is 2.05 bits per heavy atom. The fourth-order valence-electron chi connectivity index (χ4n) is 2.31. The smallest absolute Gasteiger partial charge is 0.102 e. The Labute approximate surface area is 116 Å². The number of quaternary nitrogens is 1. The standard InChI is InChI=1S/C15H26N3O/c1-18(2,3)9-11-19-10-8-17-7-6-13-4-5-14(16)12-15(13)17/h4-5,12H,6-11,16H2,1-3H3/q+1. The lowest BCUT2D eigenvalue weighted by molar-refractivity contribution is -0.870.